The van der Waals surface area contributed by atoms with Crippen LogP contribution in [0.3, 0.4) is 0 Å². The fraction of sp³-hybridized carbons (Fsp3) is 0.0909. The fourth-order valence-electron chi connectivity index (χ4n) is 1.41. The van der Waals surface area contributed by atoms with Crippen LogP contribution >= 0.6 is 11.6 Å². The summed E-state index contributed by atoms with van der Waals surface area (Å²) in [5.41, 5.74) is 1.20. The number of rotatable bonds is 2. The highest BCUT2D eigenvalue weighted by molar-refractivity contribution is 6.30. The van der Waals surface area contributed by atoms with Crippen molar-refractivity contribution in [1.29, 1.82) is 5.39 Å². The van der Waals surface area contributed by atoms with Crippen LogP contribution in [-0.2, 0) is 0 Å². The lowest BCUT2D eigenvalue weighted by Crippen LogP contribution is -2.12. The van der Waals surface area contributed by atoms with E-state index in [1.54, 1.807) is 31.2 Å². The Hall–Kier alpha value is -2.39. The van der Waals surface area contributed by atoms with Crippen molar-refractivity contribution in [2.24, 2.45) is 0 Å². The minimum Gasteiger partial charge on any atom is -0.298 e. The molecule has 7 heteroatoms. The van der Waals surface area contributed by atoms with Gasteiger partial charge >= 0.3 is 5.69 Å². The average molecular weight is 263 g/mol. The van der Waals surface area contributed by atoms with Crippen molar-refractivity contribution >= 4 is 29.0 Å². The number of nitrogens with one attached hydrogen (secondary N) is 2. The second-order valence-corrected chi connectivity index (χ2v) is 4.04. The number of diazo groups is 1. The maximum atomic E-state index is 11.9. The second kappa shape index (κ2) is 4.85. The molecule has 6 nitrogen and oxygen atoms in total. The van der Waals surface area contributed by atoms with Gasteiger partial charge in [-0.25, -0.2) is 0 Å². The SMILES string of the molecule is Cc1[nH]nc(NC(=O)c2ccc(Cl)cc2)c1[N+]#N. The molecule has 1 aromatic heterocycles. The highest BCUT2D eigenvalue weighted by Crippen LogP contribution is 2.26. The third-order valence-electron chi connectivity index (χ3n) is 2.35. The number of hydrogen-bond donors (Lipinski definition) is 2. The van der Waals surface area contributed by atoms with Crippen LogP contribution in [0, 0.1) is 12.3 Å². The molecule has 0 saturated heterocycles. The van der Waals surface area contributed by atoms with Gasteiger partial charge in [-0.15, -0.1) is 5.10 Å². The van der Waals surface area contributed by atoms with Gasteiger partial charge in [0.1, 0.15) is 5.69 Å². The van der Waals surface area contributed by atoms with E-state index < -0.39 is 0 Å². The molecule has 2 rings (SSSR count). The molecule has 0 aliphatic carbocycles. The zero-order chi connectivity index (χ0) is 13.1. The summed E-state index contributed by atoms with van der Waals surface area (Å²) in [6.45, 7) is 1.68. The second-order valence-electron chi connectivity index (χ2n) is 3.61. The first-order valence-corrected chi connectivity index (χ1v) is 5.46. The van der Waals surface area contributed by atoms with Gasteiger partial charge in [-0.1, -0.05) is 11.6 Å². The average Bonchev–Trinajstić information content (AvgIpc) is 2.70. The molecule has 0 aliphatic rings. The molecule has 0 bridgehead atoms. The number of anilines is 1. The van der Waals surface area contributed by atoms with Gasteiger partial charge in [-0.3, -0.25) is 15.2 Å². The Morgan fingerprint density at radius 3 is 2.72 bits per heavy atom. The molecular weight excluding hydrogens is 254 g/mol. The van der Waals surface area contributed by atoms with E-state index in [1.807, 2.05) is 0 Å². The Morgan fingerprint density at radius 1 is 1.44 bits per heavy atom. The molecule has 2 N–H and O–H groups in total. The Bertz CT molecular complexity index is 626. The Morgan fingerprint density at radius 2 is 2.11 bits per heavy atom. The van der Waals surface area contributed by atoms with Crippen molar-refractivity contribution in [3.8, 4) is 0 Å². The summed E-state index contributed by atoms with van der Waals surface area (Å²) in [7, 11) is 0. The number of halogens is 1. The van der Waals surface area contributed by atoms with E-state index in [0.717, 1.165) is 0 Å². The van der Waals surface area contributed by atoms with Crippen molar-refractivity contribution < 1.29 is 4.79 Å². The smallest absolute Gasteiger partial charge is 0.298 e. The topological polar surface area (TPSA) is 85.9 Å². The Balaban J connectivity index is 2.22. The van der Waals surface area contributed by atoms with Gasteiger partial charge < -0.3 is 0 Å². The zero-order valence-electron chi connectivity index (χ0n) is 9.44. The molecule has 0 fully saturated rings. The van der Waals surface area contributed by atoms with Crippen LogP contribution in [0.5, 0.6) is 0 Å². The van der Waals surface area contributed by atoms with Gasteiger partial charge in [0.05, 0.1) is 0 Å². The summed E-state index contributed by atoms with van der Waals surface area (Å²) in [6, 6.07) is 6.41. The number of H-pyrrole nitrogens is 1. The predicted octanol–water partition coefficient (Wildman–Crippen LogP) is 3.11. The lowest BCUT2D eigenvalue weighted by atomic mass is 10.2. The first-order chi connectivity index (χ1) is 8.61. The van der Waals surface area contributed by atoms with Gasteiger partial charge in [0.25, 0.3) is 11.7 Å². The molecule has 0 radical (unpaired) electrons. The normalized spacial score (nSPS) is 9.83. The molecule has 0 unspecified atom stereocenters. The number of nitrogens with zero attached hydrogens (tertiary/aromatic N) is 3. The molecule has 1 amide bonds. The quantitative estimate of drug-likeness (QED) is 0.815. The highest BCUT2D eigenvalue weighted by Gasteiger charge is 2.23. The van der Waals surface area contributed by atoms with Gasteiger partial charge in [0.2, 0.25) is 5.39 Å². The number of carbonyl (C=O) groups excluding carboxylic acids is 1. The van der Waals surface area contributed by atoms with Crippen LogP contribution in [0.4, 0.5) is 11.5 Å². The van der Waals surface area contributed by atoms with Crippen molar-refractivity contribution in [1.82, 2.24) is 10.2 Å². The number of aromatic nitrogens is 2. The van der Waals surface area contributed by atoms with E-state index in [2.05, 4.69) is 20.5 Å². The molecule has 90 valence electrons. The van der Waals surface area contributed by atoms with Crippen LogP contribution in [0.25, 0.3) is 4.98 Å². The first-order valence-electron chi connectivity index (χ1n) is 5.09. The minimum absolute atomic E-state index is 0.176. The summed E-state index contributed by atoms with van der Waals surface area (Å²) < 4.78 is 0. The molecule has 0 atom stereocenters. The van der Waals surface area contributed by atoms with Gasteiger partial charge in [-0.2, -0.15) is 0 Å². The summed E-state index contributed by atoms with van der Waals surface area (Å²) in [4.78, 5) is 14.9. The number of hydrogen-bond acceptors (Lipinski definition) is 3. The fourth-order valence-corrected chi connectivity index (χ4v) is 1.54. The molecule has 0 aliphatic heterocycles. The van der Waals surface area contributed by atoms with Crippen LogP contribution in [0.2, 0.25) is 5.02 Å². The van der Waals surface area contributed by atoms with Crippen molar-refractivity contribution in [2.45, 2.75) is 6.92 Å². The third kappa shape index (κ3) is 2.31. The van der Waals surface area contributed by atoms with E-state index in [1.165, 1.54) is 0 Å². The predicted molar refractivity (Wildman–Crippen MR) is 67.5 cm³/mol. The summed E-state index contributed by atoms with van der Waals surface area (Å²) in [6.07, 6.45) is 0. The maximum absolute atomic E-state index is 11.9. The zero-order valence-corrected chi connectivity index (χ0v) is 10.2. The van der Waals surface area contributed by atoms with Crippen molar-refractivity contribution in [3.05, 3.63) is 45.5 Å². The Kier molecular flexibility index (Phi) is 3.26. The third-order valence-corrected chi connectivity index (χ3v) is 2.61. The van der Waals surface area contributed by atoms with Crippen LogP contribution in [0.1, 0.15) is 16.1 Å². The monoisotopic (exact) mass is 262 g/mol. The first kappa shape index (κ1) is 12.1. The van der Waals surface area contributed by atoms with Gasteiger partial charge in [0.15, 0.2) is 4.98 Å². The number of carbonyl (C=O) groups is 1. The number of amides is 1. The number of aromatic amines is 1. The molecule has 1 aromatic carbocycles. The molecule has 18 heavy (non-hydrogen) atoms. The molecular formula is C11H9ClN5O+. The van der Waals surface area contributed by atoms with E-state index in [-0.39, 0.29) is 17.4 Å². The largest absolute Gasteiger partial charge is 0.449 e. The van der Waals surface area contributed by atoms with E-state index in [0.29, 0.717) is 16.3 Å². The molecule has 0 spiro atoms. The summed E-state index contributed by atoms with van der Waals surface area (Å²) in [5.74, 6) is -0.182. The van der Waals surface area contributed by atoms with Crippen LogP contribution < -0.4 is 5.32 Å². The highest BCUT2D eigenvalue weighted by atomic mass is 35.5. The van der Waals surface area contributed by atoms with Crippen LogP contribution in [-0.4, -0.2) is 16.1 Å². The minimum atomic E-state index is -0.358. The lowest BCUT2D eigenvalue weighted by Gasteiger charge is -2.00. The summed E-state index contributed by atoms with van der Waals surface area (Å²) >= 11 is 5.73. The van der Waals surface area contributed by atoms with Crippen molar-refractivity contribution in [2.75, 3.05) is 5.32 Å². The molecule has 2 aromatic rings. The van der Waals surface area contributed by atoms with Crippen LogP contribution in [0.15, 0.2) is 24.3 Å². The van der Waals surface area contributed by atoms with E-state index in [4.69, 9.17) is 17.0 Å². The lowest BCUT2D eigenvalue weighted by molar-refractivity contribution is 0.102. The van der Waals surface area contributed by atoms with E-state index >= 15 is 0 Å². The molecule has 1 heterocycles. The van der Waals surface area contributed by atoms with Gasteiger partial charge in [0, 0.05) is 10.6 Å². The number of benzene rings is 1. The standard InChI is InChI=1S/C11H8ClN5O/c1-6-9(15-13)10(17-16-6)14-11(18)7-2-4-8(12)5-3-7/h2-5,13H,1H3/p+1. The van der Waals surface area contributed by atoms with Crippen molar-refractivity contribution in [3.63, 3.8) is 0 Å². The summed E-state index contributed by atoms with van der Waals surface area (Å²) in [5, 5.41) is 18.3. The van der Waals surface area contributed by atoms with Gasteiger partial charge in [-0.05, 0) is 31.2 Å². The van der Waals surface area contributed by atoms with E-state index in [9.17, 15) is 4.79 Å². The number of aryl methyl sites for hydroxylation is 1. The molecule has 0 saturated carbocycles. The maximum Gasteiger partial charge on any atom is 0.449 e. The Labute approximate surface area is 108 Å².